The standard InChI is InChI=1S/C21H26FNO2/c1-12-6-4-5-7-16(12)17-10-18(19(23)11-20(24)25)21(22,15-8-9-15)14(3)13(17)2/h4-7,10,15,18-19H,8-9,11,23H2,1-3H3,(H,24,25). The molecule has 1 saturated carbocycles. The largest absolute Gasteiger partial charge is 0.481 e. The highest BCUT2D eigenvalue weighted by molar-refractivity contribution is 5.83. The SMILES string of the molecule is CC1=C(C)C(F)(C2CC2)C(C(N)CC(=O)O)C=C1c1ccccc1C. The van der Waals surface area contributed by atoms with Crippen molar-refractivity contribution in [1.29, 1.82) is 0 Å². The van der Waals surface area contributed by atoms with Crippen LogP contribution in [0, 0.1) is 18.8 Å². The molecule has 2 aliphatic rings. The smallest absolute Gasteiger partial charge is 0.304 e. The molecule has 4 heteroatoms. The number of hydrogen-bond donors (Lipinski definition) is 2. The Morgan fingerprint density at radius 3 is 2.52 bits per heavy atom. The molecule has 0 heterocycles. The zero-order chi connectivity index (χ0) is 18.4. The predicted molar refractivity (Wildman–Crippen MR) is 97.8 cm³/mol. The number of halogens is 1. The number of rotatable bonds is 5. The minimum Gasteiger partial charge on any atom is -0.481 e. The fraction of sp³-hybridized carbons (Fsp3) is 0.476. The van der Waals surface area contributed by atoms with E-state index in [9.17, 15) is 4.79 Å². The Morgan fingerprint density at radius 1 is 1.32 bits per heavy atom. The van der Waals surface area contributed by atoms with Gasteiger partial charge in [-0.05, 0) is 67.4 Å². The Kier molecular flexibility index (Phi) is 4.58. The van der Waals surface area contributed by atoms with Crippen molar-refractivity contribution >= 4 is 11.5 Å². The third-order valence-corrected chi connectivity index (χ3v) is 5.85. The normalized spacial score (nSPS) is 27.9. The fourth-order valence-corrected chi connectivity index (χ4v) is 4.18. The molecule has 134 valence electrons. The minimum atomic E-state index is -1.54. The molecule has 25 heavy (non-hydrogen) atoms. The lowest BCUT2D eigenvalue weighted by molar-refractivity contribution is -0.137. The van der Waals surface area contributed by atoms with E-state index in [1.165, 1.54) is 0 Å². The van der Waals surface area contributed by atoms with Gasteiger partial charge in [0.1, 0.15) is 5.67 Å². The number of carboxylic acid groups (broad SMARTS) is 1. The highest BCUT2D eigenvalue weighted by atomic mass is 19.1. The number of aliphatic carboxylic acids is 1. The average Bonchev–Trinajstić information content (AvgIpc) is 3.38. The van der Waals surface area contributed by atoms with Crippen LogP contribution in [0.15, 0.2) is 41.5 Å². The van der Waals surface area contributed by atoms with Crippen molar-refractivity contribution in [1.82, 2.24) is 0 Å². The van der Waals surface area contributed by atoms with Gasteiger partial charge in [-0.3, -0.25) is 4.79 Å². The highest BCUT2D eigenvalue weighted by Crippen LogP contribution is 2.56. The van der Waals surface area contributed by atoms with E-state index in [0.717, 1.165) is 35.1 Å². The van der Waals surface area contributed by atoms with Gasteiger partial charge in [-0.2, -0.15) is 0 Å². The third-order valence-electron chi connectivity index (χ3n) is 5.85. The van der Waals surface area contributed by atoms with Gasteiger partial charge in [0.25, 0.3) is 0 Å². The maximum Gasteiger partial charge on any atom is 0.304 e. The summed E-state index contributed by atoms with van der Waals surface area (Å²) in [7, 11) is 0. The van der Waals surface area contributed by atoms with Crippen LogP contribution in [0.1, 0.15) is 44.2 Å². The zero-order valence-corrected chi connectivity index (χ0v) is 15.1. The molecule has 0 spiro atoms. The molecule has 3 atom stereocenters. The summed E-state index contributed by atoms with van der Waals surface area (Å²) in [5, 5.41) is 9.15. The Bertz CT molecular complexity index is 763. The molecule has 0 aliphatic heterocycles. The van der Waals surface area contributed by atoms with Gasteiger partial charge < -0.3 is 10.8 Å². The highest BCUT2D eigenvalue weighted by Gasteiger charge is 2.55. The predicted octanol–water partition coefficient (Wildman–Crippen LogP) is 4.26. The van der Waals surface area contributed by atoms with Crippen LogP contribution in [0.2, 0.25) is 0 Å². The fourth-order valence-electron chi connectivity index (χ4n) is 4.18. The molecule has 3 N–H and O–H groups in total. The summed E-state index contributed by atoms with van der Waals surface area (Å²) in [6.45, 7) is 5.84. The van der Waals surface area contributed by atoms with Crippen LogP contribution in [0.25, 0.3) is 5.57 Å². The average molecular weight is 343 g/mol. The van der Waals surface area contributed by atoms with Gasteiger partial charge in [-0.15, -0.1) is 0 Å². The molecule has 2 aliphatic carbocycles. The Morgan fingerprint density at radius 2 is 1.96 bits per heavy atom. The number of aryl methyl sites for hydroxylation is 1. The van der Waals surface area contributed by atoms with Gasteiger partial charge >= 0.3 is 5.97 Å². The molecular weight excluding hydrogens is 317 g/mol. The van der Waals surface area contributed by atoms with Gasteiger partial charge in [0.15, 0.2) is 0 Å². The van der Waals surface area contributed by atoms with E-state index < -0.39 is 23.6 Å². The topological polar surface area (TPSA) is 63.3 Å². The molecule has 0 aromatic heterocycles. The molecule has 0 saturated heterocycles. The van der Waals surface area contributed by atoms with Crippen molar-refractivity contribution in [2.75, 3.05) is 0 Å². The molecule has 1 fully saturated rings. The van der Waals surface area contributed by atoms with Crippen molar-refractivity contribution in [3.8, 4) is 0 Å². The van der Waals surface area contributed by atoms with Crippen molar-refractivity contribution in [3.05, 3.63) is 52.6 Å². The van der Waals surface area contributed by atoms with Gasteiger partial charge in [0.05, 0.1) is 6.42 Å². The molecule has 1 aromatic carbocycles. The second-order valence-corrected chi connectivity index (χ2v) is 7.48. The maximum atomic E-state index is 16.2. The summed E-state index contributed by atoms with van der Waals surface area (Å²) in [6.07, 6.45) is 3.35. The Hall–Kier alpha value is -1.94. The van der Waals surface area contributed by atoms with Crippen LogP contribution < -0.4 is 5.73 Å². The quantitative estimate of drug-likeness (QED) is 0.839. The van der Waals surface area contributed by atoms with Crippen LogP contribution in [-0.2, 0) is 4.79 Å². The monoisotopic (exact) mass is 343 g/mol. The molecule has 1 aromatic rings. The lowest BCUT2D eigenvalue weighted by atomic mass is 9.67. The molecule has 0 radical (unpaired) electrons. The zero-order valence-electron chi connectivity index (χ0n) is 15.1. The lowest BCUT2D eigenvalue weighted by Gasteiger charge is -2.41. The van der Waals surface area contributed by atoms with Crippen molar-refractivity contribution < 1.29 is 14.3 Å². The summed E-state index contributed by atoms with van der Waals surface area (Å²) in [6, 6.07) is 7.26. The Labute approximate surface area is 148 Å². The van der Waals surface area contributed by atoms with E-state index in [2.05, 4.69) is 0 Å². The molecule has 3 rings (SSSR count). The van der Waals surface area contributed by atoms with Crippen LogP contribution in [0.5, 0.6) is 0 Å². The summed E-state index contributed by atoms with van der Waals surface area (Å²) in [4.78, 5) is 11.2. The van der Waals surface area contributed by atoms with Gasteiger partial charge in [-0.1, -0.05) is 30.3 Å². The first kappa shape index (κ1) is 17.9. The van der Waals surface area contributed by atoms with E-state index in [4.69, 9.17) is 10.8 Å². The third kappa shape index (κ3) is 3.04. The van der Waals surface area contributed by atoms with E-state index >= 15 is 4.39 Å². The van der Waals surface area contributed by atoms with E-state index in [0.29, 0.717) is 5.57 Å². The summed E-state index contributed by atoms with van der Waals surface area (Å²) in [5.74, 6) is -1.66. The second-order valence-electron chi connectivity index (χ2n) is 7.48. The number of allylic oxidation sites excluding steroid dienone is 3. The van der Waals surface area contributed by atoms with Gasteiger partial charge in [0, 0.05) is 12.0 Å². The summed E-state index contributed by atoms with van der Waals surface area (Å²) >= 11 is 0. The number of hydrogen-bond acceptors (Lipinski definition) is 2. The van der Waals surface area contributed by atoms with Gasteiger partial charge in [-0.25, -0.2) is 4.39 Å². The maximum absolute atomic E-state index is 16.2. The first-order valence-electron chi connectivity index (χ1n) is 8.89. The first-order chi connectivity index (χ1) is 11.8. The van der Waals surface area contributed by atoms with E-state index in [1.54, 1.807) is 0 Å². The Balaban J connectivity index is 2.12. The van der Waals surface area contributed by atoms with Crippen LogP contribution in [0.4, 0.5) is 4.39 Å². The first-order valence-corrected chi connectivity index (χ1v) is 8.89. The van der Waals surface area contributed by atoms with Crippen LogP contribution >= 0.6 is 0 Å². The van der Waals surface area contributed by atoms with E-state index in [-0.39, 0.29) is 12.3 Å². The molecule has 0 bridgehead atoms. The van der Waals surface area contributed by atoms with Gasteiger partial charge in [0.2, 0.25) is 0 Å². The van der Waals surface area contributed by atoms with Crippen molar-refractivity contribution in [2.24, 2.45) is 17.6 Å². The molecule has 3 unspecified atom stereocenters. The molecular formula is C21H26FNO2. The lowest BCUT2D eigenvalue weighted by Crippen LogP contribution is -2.49. The van der Waals surface area contributed by atoms with Crippen LogP contribution in [-0.4, -0.2) is 22.8 Å². The number of alkyl halides is 1. The summed E-state index contributed by atoms with van der Waals surface area (Å²) < 4.78 is 16.2. The van der Waals surface area contributed by atoms with Crippen molar-refractivity contribution in [3.63, 3.8) is 0 Å². The van der Waals surface area contributed by atoms with Crippen molar-refractivity contribution in [2.45, 2.75) is 51.7 Å². The number of nitrogens with two attached hydrogens (primary N) is 1. The second kappa shape index (κ2) is 6.41. The summed E-state index contributed by atoms with van der Waals surface area (Å²) in [5.41, 5.74) is 9.47. The van der Waals surface area contributed by atoms with Crippen LogP contribution in [0.3, 0.4) is 0 Å². The molecule has 3 nitrogen and oxygen atoms in total. The molecule has 0 amide bonds. The minimum absolute atomic E-state index is 0.0537. The number of carboxylic acids is 1. The number of carbonyl (C=O) groups is 1. The van der Waals surface area contributed by atoms with E-state index in [1.807, 2.05) is 51.1 Å². The number of benzene rings is 1.